The summed E-state index contributed by atoms with van der Waals surface area (Å²) in [5.74, 6) is 0.928. The predicted molar refractivity (Wildman–Crippen MR) is 77.1 cm³/mol. The van der Waals surface area contributed by atoms with Gasteiger partial charge in [0.1, 0.15) is 5.69 Å². The molecule has 2 aromatic rings. The van der Waals surface area contributed by atoms with Gasteiger partial charge in [-0.2, -0.15) is 4.98 Å². The van der Waals surface area contributed by atoms with Crippen molar-refractivity contribution in [2.75, 3.05) is 0 Å². The molecule has 0 amide bonds. The monoisotopic (exact) mass is 337 g/mol. The van der Waals surface area contributed by atoms with Crippen LogP contribution >= 0.6 is 15.9 Å². The summed E-state index contributed by atoms with van der Waals surface area (Å²) in [6.07, 6.45) is 6.30. The first-order valence-electron chi connectivity index (χ1n) is 6.88. The molecule has 1 aliphatic rings. The quantitative estimate of drug-likeness (QED) is 0.851. The number of aromatic nitrogens is 3. The van der Waals surface area contributed by atoms with E-state index in [0.29, 0.717) is 17.4 Å². The standard InChI is InChI=1S/C14H16BrN3O2/c15-10-6-4-8-16-12(10)13-17-14(20-18-13)9-5-2-1-3-7-11(9)19/h4,6,8-9,11,19H,1-3,5,7H2. The van der Waals surface area contributed by atoms with E-state index in [1.165, 1.54) is 0 Å². The Balaban J connectivity index is 1.88. The Hall–Kier alpha value is -1.27. The van der Waals surface area contributed by atoms with E-state index >= 15 is 0 Å². The molecule has 6 heteroatoms. The fourth-order valence-electron chi connectivity index (χ4n) is 2.61. The molecule has 2 aromatic heterocycles. The van der Waals surface area contributed by atoms with Gasteiger partial charge >= 0.3 is 0 Å². The summed E-state index contributed by atoms with van der Waals surface area (Å²) in [6.45, 7) is 0. The highest BCUT2D eigenvalue weighted by molar-refractivity contribution is 9.10. The van der Waals surface area contributed by atoms with Gasteiger partial charge in [0.25, 0.3) is 0 Å². The fourth-order valence-corrected chi connectivity index (χ4v) is 3.04. The van der Waals surface area contributed by atoms with E-state index < -0.39 is 6.10 Å². The Morgan fingerprint density at radius 3 is 2.95 bits per heavy atom. The summed E-state index contributed by atoms with van der Waals surface area (Å²) in [7, 11) is 0. The maximum Gasteiger partial charge on any atom is 0.232 e. The molecule has 1 N–H and O–H groups in total. The zero-order valence-corrected chi connectivity index (χ0v) is 12.6. The fraction of sp³-hybridized carbons (Fsp3) is 0.500. The van der Waals surface area contributed by atoms with Gasteiger partial charge in [-0.05, 0) is 40.9 Å². The molecule has 0 radical (unpaired) electrons. The highest BCUT2D eigenvalue weighted by Gasteiger charge is 2.28. The van der Waals surface area contributed by atoms with Crippen LogP contribution in [-0.4, -0.2) is 26.3 Å². The molecule has 1 fully saturated rings. The molecule has 2 heterocycles. The summed E-state index contributed by atoms with van der Waals surface area (Å²) in [5, 5.41) is 14.2. The van der Waals surface area contributed by atoms with Gasteiger partial charge < -0.3 is 9.63 Å². The van der Waals surface area contributed by atoms with E-state index in [4.69, 9.17) is 4.52 Å². The molecule has 0 aromatic carbocycles. The maximum atomic E-state index is 10.2. The van der Waals surface area contributed by atoms with Crippen LogP contribution in [0.5, 0.6) is 0 Å². The minimum Gasteiger partial charge on any atom is -0.392 e. The number of pyridine rings is 1. The summed E-state index contributed by atoms with van der Waals surface area (Å²) >= 11 is 3.43. The molecular formula is C14H16BrN3O2. The van der Waals surface area contributed by atoms with E-state index in [1.807, 2.05) is 12.1 Å². The number of nitrogens with zero attached hydrogens (tertiary/aromatic N) is 3. The Morgan fingerprint density at radius 1 is 1.25 bits per heavy atom. The summed E-state index contributed by atoms with van der Waals surface area (Å²) in [5.41, 5.74) is 0.658. The molecule has 0 saturated heterocycles. The third-order valence-corrected chi connectivity index (χ3v) is 4.35. The van der Waals surface area contributed by atoms with Crippen molar-refractivity contribution < 1.29 is 9.63 Å². The van der Waals surface area contributed by atoms with Crippen LogP contribution in [0, 0.1) is 0 Å². The second kappa shape index (κ2) is 6.01. The van der Waals surface area contributed by atoms with Crippen molar-refractivity contribution in [3.63, 3.8) is 0 Å². The van der Waals surface area contributed by atoms with E-state index in [0.717, 1.165) is 36.6 Å². The molecule has 0 aliphatic heterocycles. The van der Waals surface area contributed by atoms with Crippen molar-refractivity contribution in [3.8, 4) is 11.5 Å². The first-order chi connectivity index (χ1) is 9.75. The van der Waals surface area contributed by atoms with E-state index in [-0.39, 0.29) is 5.92 Å². The largest absolute Gasteiger partial charge is 0.392 e. The summed E-state index contributed by atoms with van der Waals surface area (Å²) in [6, 6.07) is 3.72. The lowest BCUT2D eigenvalue weighted by atomic mass is 9.97. The van der Waals surface area contributed by atoms with E-state index in [1.54, 1.807) is 6.20 Å². The first-order valence-corrected chi connectivity index (χ1v) is 7.67. The van der Waals surface area contributed by atoms with Gasteiger partial charge in [-0.3, -0.25) is 4.98 Å². The average Bonchev–Trinajstić information content (AvgIpc) is 2.82. The van der Waals surface area contributed by atoms with Gasteiger partial charge in [0.05, 0.1) is 12.0 Å². The van der Waals surface area contributed by atoms with Crippen LogP contribution in [0.2, 0.25) is 0 Å². The molecule has 3 rings (SSSR count). The van der Waals surface area contributed by atoms with Crippen LogP contribution in [0.4, 0.5) is 0 Å². The number of aliphatic hydroxyl groups excluding tert-OH is 1. The van der Waals surface area contributed by atoms with Crippen LogP contribution in [0.3, 0.4) is 0 Å². The van der Waals surface area contributed by atoms with Gasteiger partial charge in [-0.1, -0.05) is 24.4 Å². The topological polar surface area (TPSA) is 72.0 Å². The van der Waals surface area contributed by atoms with Crippen LogP contribution < -0.4 is 0 Å². The summed E-state index contributed by atoms with van der Waals surface area (Å²) < 4.78 is 6.19. The van der Waals surface area contributed by atoms with Crippen LogP contribution in [-0.2, 0) is 0 Å². The molecule has 106 valence electrons. The number of aliphatic hydroxyl groups is 1. The van der Waals surface area contributed by atoms with Gasteiger partial charge in [0.15, 0.2) is 0 Å². The lowest BCUT2D eigenvalue weighted by Crippen LogP contribution is -2.17. The van der Waals surface area contributed by atoms with Gasteiger partial charge in [-0.25, -0.2) is 0 Å². The van der Waals surface area contributed by atoms with Crippen LogP contribution in [0.25, 0.3) is 11.5 Å². The lowest BCUT2D eigenvalue weighted by molar-refractivity contribution is 0.119. The first kappa shape index (κ1) is 13.7. The molecular weight excluding hydrogens is 322 g/mol. The molecule has 1 aliphatic carbocycles. The zero-order valence-electron chi connectivity index (χ0n) is 11.0. The van der Waals surface area contributed by atoms with Crippen LogP contribution in [0.1, 0.15) is 43.9 Å². The van der Waals surface area contributed by atoms with E-state index in [9.17, 15) is 5.11 Å². The lowest BCUT2D eigenvalue weighted by Gasteiger charge is -2.15. The van der Waals surface area contributed by atoms with E-state index in [2.05, 4.69) is 31.1 Å². The zero-order chi connectivity index (χ0) is 13.9. The van der Waals surface area contributed by atoms with Crippen molar-refractivity contribution in [2.45, 2.75) is 44.1 Å². The smallest absolute Gasteiger partial charge is 0.232 e. The maximum absolute atomic E-state index is 10.2. The van der Waals surface area contributed by atoms with Crippen molar-refractivity contribution in [2.24, 2.45) is 0 Å². The SMILES string of the molecule is OC1CCCCCC1c1nc(-c2ncccc2Br)no1. The molecule has 2 unspecified atom stereocenters. The van der Waals surface area contributed by atoms with Crippen LogP contribution in [0.15, 0.2) is 27.3 Å². The minimum atomic E-state index is -0.391. The second-order valence-electron chi connectivity index (χ2n) is 5.10. The molecule has 1 saturated carbocycles. The van der Waals surface area contributed by atoms with Crippen molar-refractivity contribution in [1.29, 1.82) is 0 Å². The van der Waals surface area contributed by atoms with Crippen molar-refractivity contribution in [1.82, 2.24) is 15.1 Å². The third-order valence-electron chi connectivity index (χ3n) is 3.71. The summed E-state index contributed by atoms with van der Waals surface area (Å²) in [4.78, 5) is 8.68. The molecule has 5 nitrogen and oxygen atoms in total. The Bertz CT molecular complexity index is 587. The van der Waals surface area contributed by atoms with Crippen molar-refractivity contribution >= 4 is 15.9 Å². The number of halogens is 1. The molecule has 20 heavy (non-hydrogen) atoms. The van der Waals surface area contributed by atoms with Gasteiger partial charge in [0.2, 0.25) is 11.7 Å². The number of hydrogen-bond acceptors (Lipinski definition) is 5. The third kappa shape index (κ3) is 2.76. The van der Waals surface area contributed by atoms with Gasteiger partial charge in [-0.15, -0.1) is 0 Å². The Morgan fingerprint density at radius 2 is 2.10 bits per heavy atom. The minimum absolute atomic E-state index is 0.0544. The number of hydrogen-bond donors (Lipinski definition) is 1. The van der Waals surface area contributed by atoms with Crippen molar-refractivity contribution in [3.05, 3.63) is 28.7 Å². The molecule has 0 spiro atoms. The highest BCUT2D eigenvalue weighted by Crippen LogP contribution is 2.32. The Kier molecular flexibility index (Phi) is 4.12. The average molecular weight is 338 g/mol. The molecule has 0 bridgehead atoms. The Labute approximate surface area is 125 Å². The normalized spacial score (nSPS) is 23.5. The second-order valence-corrected chi connectivity index (χ2v) is 5.96. The number of rotatable bonds is 2. The van der Waals surface area contributed by atoms with Gasteiger partial charge in [0, 0.05) is 10.7 Å². The molecule has 2 atom stereocenters. The predicted octanol–water partition coefficient (Wildman–Crippen LogP) is 3.30. The highest BCUT2D eigenvalue weighted by atomic mass is 79.9.